The quantitative estimate of drug-likeness (QED) is 0.716. The molecule has 0 aromatic heterocycles. The van der Waals surface area contributed by atoms with Crippen LogP contribution in [-0.4, -0.2) is 36.2 Å². The maximum absolute atomic E-state index is 13.2. The molecule has 1 N–H and O–H groups in total. The van der Waals surface area contributed by atoms with Crippen LogP contribution in [0.1, 0.15) is 25.8 Å². The van der Waals surface area contributed by atoms with Crippen LogP contribution >= 0.6 is 0 Å². The minimum Gasteiger partial charge on any atom is -0.497 e. The van der Waals surface area contributed by atoms with Gasteiger partial charge in [0, 0.05) is 12.2 Å². The number of nitrogens with zero attached hydrogens (tertiary/aromatic N) is 1. The lowest BCUT2D eigenvalue weighted by atomic mass is 10.0. The molecule has 0 saturated carbocycles. The highest BCUT2D eigenvalue weighted by Crippen LogP contribution is 2.34. The number of aryl methyl sites for hydroxylation is 1. The van der Waals surface area contributed by atoms with Crippen LogP contribution in [0.2, 0.25) is 0 Å². The average molecular weight is 439 g/mol. The molecule has 0 spiro atoms. The van der Waals surface area contributed by atoms with Gasteiger partial charge in [-0.3, -0.25) is 9.03 Å². The minimum atomic E-state index is -3.73. The Balaban J connectivity index is 1.90. The van der Waals surface area contributed by atoms with E-state index in [2.05, 4.69) is 4.72 Å². The molecular weight excluding hydrogens is 412 g/mol. The smallest absolute Gasteiger partial charge is 0.264 e. The van der Waals surface area contributed by atoms with Crippen molar-refractivity contribution in [2.45, 2.75) is 31.6 Å². The molecule has 2 aromatic carbocycles. The second kappa shape index (κ2) is 8.23. The molecule has 1 heterocycles. The van der Waals surface area contributed by atoms with Crippen molar-refractivity contribution in [3.05, 3.63) is 48.0 Å². The molecule has 2 aromatic rings. The van der Waals surface area contributed by atoms with E-state index < -0.39 is 20.0 Å². The number of rotatable bonds is 7. The number of fused-ring (bicyclic) bond motifs is 1. The van der Waals surface area contributed by atoms with Crippen molar-refractivity contribution in [2.24, 2.45) is 5.92 Å². The summed E-state index contributed by atoms with van der Waals surface area (Å²) in [6.45, 7) is 4.06. The Bertz CT molecular complexity index is 1080. The van der Waals surface area contributed by atoms with E-state index in [1.807, 2.05) is 13.8 Å². The van der Waals surface area contributed by atoms with Crippen LogP contribution in [0.4, 0.5) is 11.4 Å². The fourth-order valence-corrected chi connectivity index (χ4v) is 6.40. The first-order chi connectivity index (χ1) is 13.6. The number of methoxy groups -OCH3 is 1. The first-order valence-corrected chi connectivity index (χ1v) is 12.5. The maximum atomic E-state index is 13.2. The van der Waals surface area contributed by atoms with Gasteiger partial charge in [0.2, 0.25) is 10.0 Å². The molecule has 9 heteroatoms. The summed E-state index contributed by atoms with van der Waals surface area (Å²) in [7, 11) is -5.65. The van der Waals surface area contributed by atoms with Crippen molar-refractivity contribution in [2.75, 3.05) is 28.4 Å². The monoisotopic (exact) mass is 438 g/mol. The molecule has 1 aliphatic heterocycles. The minimum absolute atomic E-state index is 0.00950. The predicted octanol–water partition coefficient (Wildman–Crippen LogP) is 3.23. The first-order valence-electron chi connectivity index (χ1n) is 9.42. The summed E-state index contributed by atoms with van der Waals surface area (Å²) in [5, 5.41) is 0. The van der Waals surface area contributed by atoms with Crippen LogP contribution < -0.4 is 13.8 Å². The van der Waals surface area contributed by atoms with E-state index in [4.69, 9.17) is 4.74 Å². The number of hydrogen-bond acceptors (Lipinski definition) is 5. The highest BCUT2D eigenvalue weighted by Gasteiger charge is 2.29. The van der Waals surface area contributed by atoms with Gasteiger partial charge >= 0.3 is 0 Å². The van der Waals surface area contributed by atoms with Gasteiger partial charge in [-0.2, -0.15) is 0 Å². The average Bonchev–Trinajstić information content (AvgIpc) is 2.66. The molecule has 7 nitrogen and oxygen atoms in total. The lowest BCUT2D eigenvalue weighted by molar-refractivity contribution is 0.414. The number of benzene rings is 2. The van der Waals surface area contributed by atoms with Crippen molar-refractivity contribution in [1.29, 1.82) is 0 Å². The molecule has 0 saturated heterocycles. The van der Waals surface area contributed by atoms with Gasteiger partial charge in [-0.1, -0.05) is 13.8 Å². The van der Waals surface area contributed by atoms with Crippen LogP contribution in [0.3, 0.4) is 0 Å². The van der Waals surface area contributed by atoms with Crippen LogP contribution in [0.15, 0.2) is 47.4 Å². The topological polar surface area (TPSA) is 92.8 Å². The number of hydrogen-bond donors (Lipinski definition) is 1. The molecule has 3 rings (SSSR count). The van der Waals surface area contributed by atoms with E-state index in [9.17, 15) is 16.8 Å². The van der Waals surface area contributed by atoms with Gasteiger partial charge in [0.05, 0.1) is 23.4 Å². The Morgan fingerprint density at radius 1 is 1.07 bits per heavy atom. The van der Waals surface area contributed by atoms with Crippen molar-refractivity contribution in [1.82, 2.24) is 0 Å². The van der Waals surface area contributed by atoms with E-state index in [-0.39, 0.29) is 16.6 Å². The highest BCUT2D eigenvalue weighted by molar-refractivity contribution is 7.93. The Morgan fingerprint density at radius 2 is 1.76 bits per heavy atom. The highest BCUT2D eigenvalue weighted by atomic mass is 32.2. The van der Waals surface area contributed by atoms with Crippen molar-refractivity contribution in [3.8, 4) is 5.75 Å². The van der Waals surface area contributed by atoms with Crippen LogP contribution in [-0.2, 0) is 26.5 Å². The van der Waals surface area contributed by atoms with Crippen molar-refractivity contribution in [3.63, 3.8) is 0 Å². The van der Waals surface area contributed by atoms with E-state index in [1.54, 1.807) is 30.3 Å². The predicted molar refractivity (Wildman–Crippen MR) is 115 cm³/mol. The van der Waals surface area contributed by atoms with Crippen LogP contribution in [0, 0.1) is 5.92 Å². The molecule has 0 fully saturated rings. The second-order valence-corrected chi connectivity index (χ2v) is 11.1. The van der Waals surface area contributed by atoms with E-state index >= 15 is 0 Å². The maximum Gasteiger partial charge on any atom is 0.264 e. The summed E-state index contributed by atoms with van der Waals surface area (Å²) >= 11 is 0. The Labute approximate surface area is 172 Å². The molecule has 0 atom stereocenters. The van der Waals surface area contributed by atoms with E-state index in [0.29, 0.717) is 36.5 Å². The number of nitrogens with one attached hydrogen (secondary N) is 1. The molecule has 0 amide bonds. The summed E-state index contributed by atoms with van der Waals surface area (Å²) in [4.78, 5) is 0.188. The molecule has 158 valence electrons. The molecule has 29 heavy (non-hydrogen) atoms. The second-order valence-electron chi connectivity index (χ2n) is 7.48. The molecule has 0 bridgehead atoms. The zero-order valence-electron chi connectivity index (χ0n) is 16.8. The third kappa shape index (κ3) is 4.84. The van der Waals surface area contributed by atoms with Gasteiger partial charge in [0.25, 0.3) is 10.0 Å². The summed E-state index contributed by atoms with van der Waals surface area (Å²) < 4.78 is 59.8. The Hall–Kier alpha value is -2.26. The van der Waals surface area contributed by atoms with Gasteiger partial charge in [-0.25, -0.2) is 16.8 Å². The zero-order chi connectivity index (χ0) is 21.2. The Morgan fingerprint density at radius 3 is 2.38 bits per heavy atom. The number of sulfonamides is 2. The number of anilines is 2. The third-order valence-electron chi connectivity index (χ3n) is 4.63. The fourth-order valence-electron chi connectivity index (χ4n) is 3.41. The summed E-state index contributed by atoms with van der Waals surface area (Å²) in [5.74, 6) is 0.624. The summed E-state index contributed by atoms with van der Waals surface area (Å²) in [5.41, 5.74) is 1.84. The fraction of sp³-hybridized carbons (Fsp3) is 0.400. The van der Waals surface area contributed by atoms with Gasteiger partial charge < -0.3 is 4.74 Å². The van der Waals surface area contributed by atoms with E-state index in [1.165, 1.54) is 23.5 Å². The van der Waals surface area contributed by atoms with Gasteiger partial charge in [0.1, 0.15) is 5.75 Å². The molecule has 0 aliphatic carbocycles. The molecule has 0 radical (unpaired) electrons. The first kappa shape index (κ1) is 21.4. The largest absolute Gasteiger partial charge is 0.497 e. The SMILES string of the molecule is COc1ccc(S(=O)(=O)N2CCCc3cc(NS(=O)(=O)CC(C)C)ccc32)cc1. The summed E-state index contributed by atoms with van der Waals surface area (Å²) in [6.07, 6.45) is 1.34. The van der Waals surface area contributed by atoms with Gasteiger partial charge in [-0.05, 0) is 66.8 Å². The lowest BCUT2D eigenvalue weighted by Crippen LogP contribution is -2.35. The lowest BCUT2D eigenvalue weighted by Gasteiger charge is -2.31. The van der Waals surface area contributed by atoms with Gasteiger partial charge in [-0.15, -0.1) is 0 Å². The normalized spacial score (nSPS) is 14.6. The zero-order valence-corrected chi connectivity index (χ0v) is 18.4. The van der Waals surface area contributed by atoms with Crippen LogP contribution in [0.25, 0.3) is 0 Å². The molecular formula is C20H26N2O5S2. The van der Waals surface area contributed by atoms with E-state index in [0.717, 1.165) is 5.56 Å². The molecule has 1 aliphatic rings. The standard InChI is InChI=1S/C20H26N2O5S2/c1-15(2)14-28(23,24)21-17-6-11-20-16(13-17)5-4-12-22(20)29(25,26)19-9-7-18(27-3)8-10-19/h6-11,13,15,21H,4-5,12,14H2,1-3H3. The number of ether oxygens (including phenoxy) is 1. The van der Waals surface area contributed by atoms with Crippen molar-refractivity contribution >= 4 is 31.4 Å². The van der Waals surface area contributed by atoms with Crippen molar-refractivity contribution < 1.29 is 21.6 Å². The summed E-state index contributed by atoms with van der Waals surface area (Å²) in [6, 6.07) is 11.3. The Kier molecular flexibility index (Phi) is 6.09. The molecule has 0 unspecified atom stereocenters. The van der Waals surface area contributed by atoms with Crippen LogP contribution in [0.5, 0.6) is 5.75 Å². The third-order valence-corrected chi connectivity index (χ3v) is 8.11. The van der Waals surface area contributed by atoms with Gasteiger partial charge in [0.15, 0.2) is 0 Å².